The standard InChI is InChI=1S/C5H6O3/c1-3-4(2)8-5(6)7-3/h1-2H3/p+1. The average molecular weight is 115 g/mol. The molecule has 3 heteroatoms. The van der Waals surface area contributed by atoms with Crippen LogP contribution in [0.1, 0.15) is 11.5 Å². The van der Waals surface area contributed by atoms with Gasteiger partial charge in [-0.15, -0.1) is 0 Å². The van der Waals surface area contributed by atoms with Crippen molar-refractivity contribution in [3.05, 3.63) is 17.3 Å². The van der Waals surface area contributed by atoms with E-state index in [1.54, 1.807) is 13.8 Å². The summed E-state index contributed by atoms with van der Waals surface area (Å²) in [6, 6.07) is 0. The summed E-state index contributed by atoms with van der Waals surface area (Å²) < 4.78 is 9.21. The minimum Gasteiger partial charge on any atom is -0.336 e. The van der Waals surface area contributed by atoms with Gasteiger partial charge in [-0.2, -0.15) is 0 Å². The quantitative estimate of drug-likeness (QED) is 0.462. The largest absolute Gasteiger partial charge is 0.724 e. The molecule has 1 aromatic heterocycles. The first kappa shape index (κ1) is 5.15. The van der Waals surface area contributed by atoms with Crippen LogP contribution in [0.25, 0.3) is 0 Å². The third-order valence-electron chi connectivity index (χ3n) is 0.977. The number of hydrogen-bond donors (Lipinski definition) is 0. The van der Waals surface area contributed by atoms with Gasteiger partial charge < -0.3 is 4.79 Å². The van der Waals surface area contributed by atoms with Crippen LogP contribution in [0.15, 0.2) is 8.83 Å². The maximum Gasteiger partial charge on any atom is 0.724 e. The molecule has 1 heterocycles. The first-order chi connectivity index (χ1) is 3.70. The molecule has 0 aromatic carbocycles. The molecule has 0 saturated carbocycles. The molecule has 0 aliphatic carbocycles. The molecule has 0 radical (unpaired) electrons. The van der Waals surface area contributed by atoms with Crippen molar-refractivity contribution in [3.8, 4) is 0 Å². The summed E-state index contributed by atoms with van der Waals surface area (Å²) in [4.78, 5) is 8.50. The molecule has 0 bridgehead atoms. The summed E-state index contributed by atoms with van der Waals surface area (Å²) in [5, 5.41) is 0. The molecule has 1 rings (SSSR count). The van der Waals surface area contributed by atoms with Gasteiger partial charge in [0.25, 0.3) is 0 Å². The summed E-state index contributed by atoms with van der Waals surface area (Å²) >= 11 is 0. The van der Waals surface area contributed by atoms with E-state index in [4.69, 9.17) is 4.79 Å². The zero-order chi connectivity index (χ0) is 6.15. The molecular weight excluding hydrogens is 108 g/mol. The second kappa shape index (κ2) is 1.51. The Morgan fingerprint density at radius 1 is 1.12 bits per heavy atom. The molecule has 3 nitrogen and oxygen atoms in total. The normalized spacial score (nSPS) is 9.75. The van der Waals surface area contributed by atoms with E-state index >= 15 is 0 Å². The Labute approximate surface area is 45.9 Å². The number of rotatable bonds is 0. The highest BCUT2D eigenvalue weighted by molar-refractivity contribution is 4.95. The van der Waals surface area contributed by atoms with Gasteiger partial charge in [0.2, 0.25) is 11.5 Å². The average Bonchev–Trinajstić information content (AvgIpc) is 1.85. The van der Waals surface area contributed by atoms with Crippen LogP contribution < -0.4 is 5.82 Å². The van der Waals surface area contributed by atoms with Crippen LogP contribution in [-0.2, 0) is 0 Å². The van der Waals surface area contributed by atoms with Crippen LogP contribution in [0, 0.1) is 13.8 Å². The SMILES string of the molecule is Cc1oc(=[OH+])oc1C. The van der Waals surface area contributed by atoms with Gasteiger partial charge in [-0.05, 0) is 0 Å². The molecule has 0 amide bonds. The lowest BCUT2D eigenvalue weighted by atomic mass is 10.4. The Kier molecular flexibility index (Phi) is 0.970. The van der Waals surface area contributed by atoms with E-state index in [1.807, 2.05) is 0 Å². The summed E-state index contributed by atoms with van der Waals surface area (Å²) in [6.45, 7) is 3.44. The lowest BCUT2D eigenvalue weighted by molar-refractivity contribution is 0.243. The van der Waals surface area contributed by atoms with Gasteiger partial charge >= 0.3 is 5.82 Å². The Bertz CT molecular complexity index is 208. The van der Waals surface area contributed by atoms with E-state index in [2.05, 4.69) is 8.83 Å². The highest BCUT2D eigenvalue weighted by Gasteiger charge is 2.10. The van der Waals surface area contributed by atoms with E-state index in [-0.39, 0.29) is 5.82 Å². The van der Waals surface area contributed by atoms with Gasteiger partial charge in [0.15, 0.2) is 0 Å². The maximum absolute atomic E-state index is 8.50. The molecular formula is C5H7O3+. The van der Waals surface area contributed by atoms with Crippen molar-refractivity contribution in [2.75, 3.05) is 0 Å². The van der Waals surface area contributed by atoms with Crippen molar-refractivity contribution in [2.45, 2.75) is 13.8 Å². The van der Waals surface area contributed by atoms with E-state index in [9.17, 15) is 0 Å². The summed E-state index contributed by atoms with van der Waals surface area (Å²) in [6.07, 6.45) is 0. The molecule has 0 atom stereocenters. The van der Waals surface area contributed by atoms with Gasteiger partial charge in [0.1, 0.15) is 0 Å². The molecule has 0 spiro atoms. The molecule has 8 heavy (non-hydrogen) atoms. The topological polar surface area (TPSA) is 47.7 Å². The Morgan fingerprint density at radius 2 is 1.50 bits per heavy atom. The number of hydrogen-bond acceptors (Lipinski definition) is 2. The Morgan fingerprint density at radius 3 is 1.62 bits per heavy atom. The predicted molar refractivity (Wildman–Crippen MR) is 25.5 cm³/mol. The molecule has 0 fully saturated rings. The van der Waals surface area contributed by atoms with Crippen molar-refractivity contribution in [1.29, 1.82) is 0 Å². The molecule has 1 aromatic rings. The minimum absolute atomic E-state index is 0.375. The molecule has 44 valence electrons. The summed E-state index contributed by atoms with van der Waals surface area (Å²) in [5.74, 6) is 0.852. The molecule has 0 aliphatic rings. The summed E-state index contributed by atoms with van der Waals surface area (Å²) in [5.41, 5.74) is 0. The van der Waals surface area contributed by atoms with Crippen LogP contribution in [0.5, 0.6) is 0 Å². The number of aryl methyl sites for hydroxylation is 2. The van der Waals surface area contributed by atoms with Crippen LogP contribution in [0.2, 0.25) is 0 Å². The van der Waals surface area contributed by atoms with Crippen molar-refractivity contribution >= 4 is 0 Å². The fourth-order valence-electron chi connectivity index (χ4n) is 0.426. The van der Waals surface area contributed by atoms with E-state index in [0.29, 0.717) is 11.5 Å². The molecule has 0 saturated heterocycles. The van der Waals surface area contributed by atoms with E-state index in [1.165, 1.54) is 0 Å². The van der Waals surface area contributed by atoms with Gasteiger partial charge in [-0.25, -0.2) is 0 Å². The Hall–Kier alpha value is -0.990. The van der Waals surface area contributed by atoms with Gasteiger partial charge in [-0.3, -0.25) is 8.83 Å². The van der Waals surface area contributed by atoms with Crippen LogP contribution in [0.4, 0.5) is 0 Å². The van der Waals surface area contributed by atoms with Crippen LogP contribution in [0.3, 0.4) is 0 Å². The van der Waals surface area contributed by atoms with Crippen LogP contribution >= 0.6 is 0 Å². The molecule has 1 N–H and O–H groups in total. The lowest BCUT2D eigenvalue weighted by Gasteiger charge is -1.65. The van der Waals surface area contributed by atoms with Crippen molar-refractivity contribution in [2.24, 2.45) is 0 Å². The van der Waals surface area contributed by atoms with E-state index in [0.717, 1.165) is 0 Å². The highest BCUT2D eigenvalue weighted by Crippen LogP contribution is 1.99. The monoisotopic (exact) mass is 115 g/mol. The predicted octanol–water partition coefficient (Wildman–Crippen LogP) is 0.494. The highest BCUT2D eigenvalue weighted by atomic mass is 16.6. The van der Waals surface area contributed by atoms with Crippen molar-refractivity contribution in [3.63, 3.8) is 0 Å². The minimum atomic E-state index is -0.375. The first-order valence-electron chi connectivity index (χ1n) is 2.29. The van der Waals surface area contributed by atoms with Gasteiger partial charge in [-0.1, -0.05) is 0 Å². The zero-order valence-corrected chi connectivity index (χ0v) is 4.76. The first-order valence-corrected chi connectivity index (χ1v) is 2.29. The Balaban J connectivity index is 3.35. The summed E-state index contributed by atoms with van der Waals surface area (Å²) in [7, 11) is 0. The van der Waals surface area contributed by atoms with Gasteiger partial charge in [0.05, 0.1) is 0 Å². The van der Waals surface area contributed by atoms with Crippen LogP contribution in [-0.4, -0.2) is 4.79 Å². The fourth-order valence-corrected chi connectivity index (χ4v) is 0.426. The van der Waals surface area contributed by atoms with Crippen molar-refractivity contribution < 1.29 is 13.6 Å². The molecule has 0 aliphatic heterocycles. The molecule has 0 unspecified atom stereocenters. The van der Waals surface area contributed by atoms with Crippen molar-refractivity contribution in [1.82, 2.24) is 0 Å². The second-order valence-electron chi connectivity index (χ2n) is 1.58. The lowest BCUT2D eigenvalue weighted by Crippen LogP contribution is -1.89. The third-order valence-corrected chi connectivity index (χ3v) is 0.977. The third kappa shape index (κ3) is 0.665. The smallest absolute Gasteiger partial charge is 0.336 e. The van der Waals surface area contributed by atoms with E-state index < -0.39 is 0 Å². The fraction of sp³-hybridized carbons (Fsp3) is 0.400. The zero-order valence-electron chi connectivity index (χ0n) is 4.76. The van der Waals surface area contributed by atoms with Gasteiger partial charge in [0, 0.05) is 13.8 Å². The maximum atomic E-state index is 8.50. The second-order valence-corrected chi connectivity index (χ2v) is 1.58.